The second kappa shape index (κ2) is 3.67. The van der Waals surface area contributed by atoms with E-state index in [4.69, 9.17) is 10.3 Å². The van der Waals surface area contributed by atoms with E-state index in [1.54, 1.807) is 0 Å². The standard InChI is InChI=1S/C4H8NO3P/c1-3(6)4(5)9(7)8-2/h5,7H,1-2H3. The molecule has 0 saturated carbocycles. The Kier molecular flexibility index (Phi) is 3.54. The van der Waals surface area contributed by atoms with Gasteiger partial charge >= 0.3 is 0 Å². The molecule has 4 nitrogen and oxygen atoms in total. The average molecular weight is 149 g/mol. The molecule has 0 spiro atoms. The van der Waals surface area contributed by atoms with Crippen molar-refractivity contribution in [1.82, 2.24) is 0 Å². The third kappa shape index (κ3) is 2.65. The van der Waals surface area contributed by atoms with Gasteiger partial charge in [0, 0.05) is 14.0 Å². The first-order valence-corrected chi connectivity index (χ1v) is 3.43. The zero-order valence-electron chi connectivity index (χ0n) is 5.21. The Bertz CT molecular complexity index is 136. The molecule has 0 aliphatic rings. The topological polar surface area (TPSA) is 70.4 Å². The summed E-state index contributed by atoms with van der Waals surface area (Å²) in [6.45, 7) is 1.22. The van der Waals surface area contributed by atoms with Crippen LogP contribution in [0.1, 0.15) is 6.92 Å². The van der Waals surface area contributed by atoms with Crippen molar-refractivity contribution in [2.45, 2.75) is 6.92 Å². The Hall–Kier alpha value is -0.310. The Morgan fingerprint density at radius 3 is 2.33 bits per heavy atom. The van der Waals surface area contributed by atoms with Gasteiger partial charge in [0.05, 0.1) is 0 Å². The van der Waals surface area contributed by atoms with Crippen molar-refractivity contribution in [3.05, 3.63) is 0 Å². The van der Waals surface area contributed by atoms with Crippen LogP contribution >= 0.6 is 8.38 Å². The highest BCUT2D eigenvalue weighted by atomic mass is 31.2. The van der Waals surface area contributed by atoms with E-state index in [0.717, 1.165) is 0 Å². The van der Waals surface area contributed by atoms with Crippen LogP contribution in [-0.2, 0) is 9.32 Å². The third-order valence-corrected chi connectivity index (χ3v) is 1.74. The van der Waals surface area contributed by atoms with E-state index >= 15 is 0 Å². The molecule has 1 unspecified atom stereocenters. The van der Waals surface area contributed by atoms with E-state index in [2.05, 4.69) is 4.52 Å². The molecule has 0 rings (SSSR count). The molecule has 1 atom stereocenters. The first-order valence-electron chi connectivity index (χ1n) is 2.22. The van der Waals surface area contributed by atoms with E-state index in [1.807, 2.05) is 0 Å². The smallest absolute Gasteiger partial charge is 0.224 e. The second-order valence-electron chi connectivity index (χ2n) is 1.36. The second-order valence-corrected chi connectivity index (χ2v) is 2.72. The summed E-state index contributed by atoms with van der Waals surface area (Å²) in [6, 6.07) is 0. The summed E-state index contributed by atoms with van der Waals surface area (Å²) in [5.74, 6) is -0.453. The molecule has 2 N–H and O–H groups in total. The van der Waals surface area contributed by atoms with Gasteiger partial charge in [-0.05, 0) is 0 Å². The van der Waals surface area contributed by atoms with Crippen LogP contribution in [0.15, 0.2) is 0 Å². The van der Waals surface area contributed by atoms with Gasteiger partial charge < -0.3 is 9.42 Å². The molecular weight excluding hydrogens is 141 g/mol. The van der Waals surface area contributed by atoms with Crippen molar-refractivity contribution < 1.29 is 14.2 Å². The van der Waals surface area contributed by atoms with Crippen molar-refractivity contribution in [3.63, 3.8) is 0 Å². The van der Waals surface area contributed by atoms with Crippen molar-refractivity contribution in [3.8, 4) is 0 Å². The van der Waals surface area contributed by atoms with E-state index < -0.39 is 14.2 Å². The fourth-order valence-electron chi connectivity index (χ4n) is 0.226. The van der Waals surface area contributed by atoms with Crippen LogP contribution in [0, 0.1) is 5.41 Å². The highest BCUT2D eigenvalue weighted by molar-refractivity contribution is 7.68. The molecule has 0 heterocycles. The van der Waals surface area contributed by atoms with Gasteiger partial charge in [0.1, 0.15) is 0 Å². The van der Waals surface area contributed by atoms with Crippen molar-refractivity contribution in [2.24, 2.45) is 0 Å². The van der Waals surface area contributed by atoms with Gasteiger partial charge in [-0.3, -0.25) is 10.2 Å². The van der Waals surface area contributed by atoms with Gasteiger partial charge in [-0.15, -0.1) is 0 Å². The Morgan fingerprint density at radius 2 is 2.22 bits per heavy atom. The van der Waals surface area contributed by atoms with Crippen LogP contribution in [0.4, 0.5) is 0 Å². The van der Waals surface area contributed by atoms with Gasteiger partial charge in [-0.25, -0.2) is 0 Å². The number of Topliss-reactive ketones (excluding diaryl/α,β-unsaturated/α-hetero) is 1. The quantitative estimate of drug-likeness (QED) is 0.453. The minimum Gasteiger partial charge on any atom is -0.345 e. The number of carbonyl (C=O) groups is 1. The lowest BCUT2D eigenvalue weighted by atomic mass is 10.5. The summed E-state index contributed by atoms with van der Waals surface area (Å²) in [4.78, 5) is 19.0. The summed E-state index contributed by atoms with van der Waals surface area (Å²) in [5.41, 5.74) is -0.354. The fraction of sp³-hybridized carbons (Fsp3) is 0.500. The van der Waals surface area contributed by atoms with Gasteiger partial charge in [0.15, 0.2) is 11.2 Å². The Morgan fingerprint density at radius 1 is 1.78 bits per heavy atom. The average Bonchev–Trinajstić information content (AvgIpc) is 1.84. The monoisotopic (exact) mass is 149 g/mol. The summed E-state index contributed by atoms with van der Waals surface area (Å²) < 4.78 is 4.35. The molecule has 0 aromatic rings. The van der Waals surface area contributed by atoms with Gasteiger partial charge in [0.2, 0.25) is 8.38 Å². The first-order chi connectivity index (χ1) is 4.09. The Labute approximate surface area is 54.3 Å². The van der Waals surface area contributed by atoms with Crippen molar-refractivity contribution in [2.75, 3.05) is 7.11 Å². The highest BCUT2D eigenvalue weighted by Gasteiger charge is 2.14. The summed E-state index contributed by atoms with van der Waals surface area (Å²) in [6.07, 6.45) is 0. The zero-order valence-corrected chi connectivity index (χ0v) is 6.11. The van der Waals surface area contributed by atoms with Crippen LogP contribution in [0.25, 0.3) is 0 Å². The van der Waals surface area contributed by atoms with E-state index in [-0.39, 0.29) is 5.45 Å². The molecule has 0 fully saturated rings. The molecule has 52 valence electrons. The lowest BCUT2D eigenvalue weighted by Crippen LogP contribution is -2.06. The molecule has 5 heteroatoms. The predicted octanol–water partition coefficient (Wildman–Crippen LogP) is 0.503. The number of ketones is 1. The van der Waals surface area contributed by atoms with Gasteiger partial charge in [-0.1, -0.05) is 0 Å². The van der Waals surface area contributed by atoms with Crippen LogP contribution in [0.3, 0.4) is 0 Å². The van der Waals surface area contributed by atoms with Crippen molar-refractivity contribution >= 4 is 19.6 Å². The van der Waals surface area contributed by atoms with Crippen LogP contribution in [0.2, 0.25) is 0 Å². The minimum absolute atomic E-state index is 0.354. The zero-order chi connectivity index (χ0) is 7.44. The summed E-state index contributed by atoms with van der Waals surface area (Å²) >= 11 is 0. The molecule has 0 aliphatic heterocycles. The fourth-order valence-corrected chi connectivity index (χ4v) is 0.678. The molecular formula is C4H8NO3P. The van der Waals surface area contributed by atoms with Crippen LogP contribution < -0.4 is 0 Å². The number of carbonyl (C=O) groups excluding carboxylic acids is 1. The number of nitrogens with one attached hydrogen (secondary N) is 1. The minimum atomic E-state index is -1.95. The van der Waals surface area contributed by atoms with Gasteiger partial charge in [0.25, 0.3) is 0 Å². The third-order valence-electron chi connectivity index (χ3n) is 0.698. The molecule has 0 radical (unpaired) electrons. The van der Waals surface area contributed by atoms with Crippen molar-refractivity contribution in [1.29, 1.82) is 5.41 Å². The van der Waals surface area contributed by atoms with E-state index in [9.17, 15) is 4.79 Å². The maximum atomic E-state index is 10.3. The molecule has 0 aromatic carbocycles. The summed E-state index contributed by atoms with van der Waals surface area (Å²) in [5, 5.41) is 6.85. The largest absolute Gasteiger partial charge is 0.345 e. The lowest BCUT2D eigenvalue weighted by molar-refractivity contribution is -0.110. The number of rotatable bonds is 3. The molecule has 9 heavy (non-hydrogen) atoms. The molecule has 0 amide bonds. The molecule has 0 aliphatic carbocycles. The molecule has 0 bridgehead atoms. The summed E-state index contributed by atoms with van der Waals surface area (Å²) in [7, 11) is -0.692. The highest BCUT2D eigenvalue weighted by Crippen LogP contribution is 2.30. The van der Waals surface area contributed by atoms with Crippen LogP contribution in [0.5, 0.6) is 0 Å². The lowest BCUT2D eigenvalue weighted by Gasteiger charge is -2.03. The van der Waals surface area contributed by atoms with Crippen LogP contribution in [-0.4, -0.2) is 23.2 Å². The predicted molar refractivity (Wildman–Crippen MR) is 34.6 cm³/mol. The maximum absolute atomic E-state index is 10.3. The van der Waals surface area contributed by atoms with Gasteiger partial charge in [-0.2, -0.15) is 0 Å². The Balaban J connectivity index is 3.88. The maximum Gasteiger partial charge on any atom is 0.224 e. The number of hydrogen-bond acceptors (Lipinski definition) is 4. The SMILES string of the molecule is COP(O)C(=N)C(C)=O. The van der Waals surface area contributed by atoms with E-state index in [0.29, 0.717) is 0 Å². The van der Waals surface area contributed by atoms with E-state index in [1.165, 1.54) is 14.0 Å². The first kappa shape index (κ1) is 8.69. The normalized spacial score (nSPS) is 12.8. The number of hydrogen-bond donors (Lipinski definition) is 2. The molecule has 0 saturated heterocycles. The molecule has 0 aromatic heterocycles.